The maximum Gasteiger partial charge on any atom is 0.273 e. The maximum absolute atomic E-state index is 14.1. The minimum Gasteiger partial charge on any atom is -0.490 e. The predicted octanol–water partition coefficient (Wildman–Crippen LogP) is 4.82. The van der Waals surface area contributed by atoms with E-state index in [1.807, 2.05) is 18.2 Å². The van der Waals surface area contributed by atoms with Crippen LogP contribution in [0.15, 0.2) is 77.7 Å². The molecule has 1 fully saturated rings. The highest BCUT2D eigenvalue weighted by Gasteiger charge is 2.36. The van der Waals surface area contributed by atoms with E-state index in [1.54, 1.807) is 36.0 Å². The number of benzene rings is 2. The van der Waals surface area contributed by atoms with E-state index < -0.39 is 0 Å². The summed E-state index contributed by atoms with van der Waals surface area (Å²) in [6.07, 6.45) is 5.49. The van der Waals surface area contributed by atoms with Gasteiger partial charge in [-0.15, -0.1) is 0 Å². The average Bonchev–Trinajstić information content (AvgIpc) is 2.80. The van der Waals surface area contributed by atoms with Crippen LogP contribution in [-0.4, -0.2) is 24.3 Å². The highest BCUT2D eigenvalue weighted by atomic mass is 19.1. The summed E-state index contributed by atoms with van der Waals surface area (Å²) in [6, 6.07) is 20.8. The van der Waals surface area contributed by atoms with Crippen molar-refractivity contribution in [2.75, 3.05) is 24.6 Å². The molecule has 1 aromatic heterocycles. The second-order valence-electron chi connectivity index (χ2n) is 8.50. The van der Waals surface area contributed by atoms with Gasteiger partial charge in [0.15, 0.2) is 11.6 Å². The first-order chi connectivity index (χ1) is 15.1. The van der Waals surface area contributed by atoms with Crippen molar-refractivity contribution in [3.63, 3.8) is 0 Å². The van der Waals surface area contributed by atoms with Crippen LogP contribution in [0, 0.1) is 11.2 Å². The van der Waals surface area contributed by atoms with Gasteiger partial charge in [-0.05, 0) is 55.5 Å². The van der Waals surface area contributed by atoms with E-state index in [2.05, 4.69) is 29.2 Å². The van der Waals surface area contributed by atoms with Crippen molar-refractivity contribution >= 4 is 5.69 Å². The molecular formula is C26H29FN2O2. The number of nitrogens with zero attached hydrogens (tertiary/aromatic N) is 2. The fraction of sp³-hybridized carbons (Fsp3) is 0.346. The van der Waals surface area contributed by atoms with Crippen LogP contribution in [0.1, 0.15) is 24.8 Å². The fourth-order valence-electron chi connectivity index (χ4n) is 4.36. The largest absolute Gasteiger partial charge is 0.490 e. The van der Waals surface area contributed by atoms with Crippen molar-refractivity contribution in [2.24, 2.45) is 12.5 Å². The molecule has 0 unspecified atom stereocenters. The van der Waals surface area contributed by atoms with Gasteiger partial charge in [0.2, 0.25) is 0 Å². The number of anilines is 1. The molecule has 0 spiro atoms. The molecule has 0 N–H and O–H groups in total. The monoisotopic (exact) mass is 420 g/mol. The summed E-state index contributed by atoms with van der Waals surface area (Å²) in [5, 5.41) is 0. The molecule has 3 aromatic rings. The van der Waals surface area contributed by atoms with Gasteiger partial charge in [-0.1, -0.05) is 42.5 Å². The lowest BCUT2D eigenvalue weighted by Gasteiger charge is -2.42. The van der Waals surface area contributed by atoms with Gasteiger partial charge in [0, 0.05) is 31.7 Å². The topological polar surface area (TPSA) is 34.5 Å². The summed E-state index contributed by atoms with van der Waals surface area (Å²) < 4.78 is 21.7. The van der Waals surface area contributed by atoms with Gasteiger partial charge in [0.1, 0.15) is 5.69 Å². The number of rotatable bonds is 7. The number of pyridine rings is 1. The molecule has 1 saturated heterocycles. The number of piperidine rings is 1. The molecule has 2 heterocycles. The number of aromatic nitrogens is 1. The molecule has 4 rings (SSSR count). The lowest BCUT2D eigenvalue weighted by atomic mass is 9.74. The Balaban J connectivity index is 1.49. The predicted molar refractivity (Wildman–Crippen MR) is 122 cm³/mol. The number of hydrogen-bond acceptors (Lipinski definition) is 3. The van der Waals surface area contributed by atoms with Gasteiger partial charge < -0.3 is 14.2 Å². The van der Waals surface area contributed by atoms with Crippen LogP contribution in [0.3, 0.4) is 0 Å². The van der Waals surface area contributed by atoms with Crippen molar-refractivity contribution in [1.29, 1.82) is 0 Å². The van der Waals surface area contributed by atoms with Crippen LogP contribution >= 0.6 is 0 Å². The first kappa shape index (κ1) is 21.2. The van der Waals surface area contributed by atoms with Crippen molar-refractivity contribution < 1.29 is 9.13 Å². The summed E-state index contributed by atoms with van der Waals surface area (Å²) in [7, 11) is 1.78. The number of aryl methyl sites for hydroxylation is 2. The lowest BCUT2D eigenvalue weighted by Crippen LogP contribution is -2.45. The Morgan fingerprint density at radius 3 is 2.42 bits per heavy atom. The van der Waals surface area contributed by atoms with E-state index in [0.29, 0.717) is 12.4 Å². The van der Waals surface area contributed by atoms with Crippen LogP contribution < -0.4 is 15.2 Å². The van der Waals surface area contributed by atoms with E-state index in [0.717, 1.165) is 44.5 Å². The first-order valence-corrected chi connectivity index (χ1v) is 10.9. The smallest absolute Gasteiger partial charge is 0.273 e. The van der Waals surface area contributed by atoms with E-state index in [4.69, 9.17) is 4.74 Å². The van der Waals surface area contributed by atoms with E-state index in [9.17, 15) is 9.18 Å². The number of hydrogen-bond donors (Lipinski definition) is 0. The number of ether oxygens (including phenoxy) is 1. The van der Waals surface area contributed by atoms with Gasteiger partial charge in [0.25, 0.3) is 5.56 Å². The third-order valence-electron chi connectivity index (χ3n) is 6.43. The number of halogens is 1. The Morgan fingerprint density at radius 2 is 1.68 bits per heavy atom. The second kappa shape index (κ2) is 9.38. The van der Waals surface area contributed by atoms with Crippen molar-refractivity contribution in [3.05, 3.63) is 94.7 Å². The minimum atomic E-state index is -0.328. The summed E-state index contributed by atoms with van der Waals surface area (Å²) in [5.41, 5.74) is 2.01. The standard InChI is InChI=1S/C26H29FN2O2/c1-28-17-7-11-23(25(28)30)29-18-15-26(16-19-29,14-13-21-8-3-2-4-9-21)20-31-24-12-6-5-10-22(24)27/h2-12,17H,13-16,18-20H2,1H3. The molecule has 4 nitrogen and oxygen atoms in total. The minimum absolute atomic E-state index is 0.0295. The maximum atomic E-state index is 14.1. The zero-order valence-electron chi connectivity index (χ0n) is 18.0. The van der Waals surface area contributed by atoms with Crippen LogP contribution in [0.5, 0.6) is 5.75 Å². The molecule has 31 heavy (non-hydrogen) atoms. The third-order valence-corrected chi connectivity index (χ3v) is 6.43. The van der Waals surface area contributed by atoms with Gasteiger partial charge in [-0.2, -0.15) is 0 Å². The Bertz CT molecular complexity index is 1060. The van der Waals surface area contributed by atoms with Gasteiger partial charge in [-0.25, -0.2) is 4.39 Å². The molecule has 0 aliphatic carbocycles. The molecule has 5 heteroatoms. The third kappa shape index (κ3) is 4.98. The molecule has 0 radical (unpaired) electrons. The molecule has 0 bridgehead atoms. The molecule has 1 aliphatic heterocycles. The lowest BCUT2D eigenvalue weighted by molar-refractivity contribution is 0.0995. The van der Waals surface area contributed by atoms with Crippen LogP contribution in [0.4, 0.5) is 10.1 Å². The molecule has 2 aromatic carbocycles. The molecule has 0 amide bonds. The first-order valence-electron chi connectivity index (χ1n) is 10.9. The van der Waals surface area contributed by atoms with Crippen molar-refractivity contribution in [3.8, 4) is 5.75 Å². The van der Waals surface area contributed by atoms with Crippen LogP contribution in [0.2, 0.25) is 0 Å². The summed E-state index contributed by atoms with van der Waals surface area (Å²) in [5.74, 6) is -0.0214. The molecule has 162 valence electrons. The molecule has 1 aliphatic rings. The molecule has 0 saturated carbocycles. The Kier molecular flexibility index (Phi) is 6.40. The van der Waals surface area contributed by atoms with Crippen molar-refractivity contribution in [2.45, 2.75) is 25.7 Å². The average molecular weight is 421 g/mol. The van der Waals surface area contributed by atoms with Gasteiger partial charge >= 0.3 is 0 Å². The van der Waals surface area contributed by atoms with E-state index >= 15 is 0 Å². The van der Waals surface area contributed by atoms with Crippen LogP contribution in [0.25, 0.3) is 0 Å². The second-order valence-corrected chi connectivity index (χ2v) is 8.50. The summed E-state index contributed by atoms with van der Waals surface area (Å²) in [4.78, 5) is 14.7. The van der Waals surface area contributed by atoms with Gasteiger partial charge in [-0.3, -0.25) is 4.79 Å². The Morgan fingerprint density at radius 1 is 0.968 bits per heavy atom. The Hall–Kier alpha value is -3.08. The molecular weight excluding hydrogens is 391 g/mol. The fourth-order valence-corrected chi connectivity index (χ4v) is 4.36. The zero-order chi connectivity index (χ0) is 21.7. The van der Waals surface area contributed by atoms with Crippen molar-refractivity contribution in [1.82, 2.24) is 4.57 Å². The molecule has 0 atom stereocenters. The SMILES string of the molecule is Cn1cccc(N2CCC(CCc3ccccc3)(COc3ccccc3F)CC2)c1=O. The van der Waals surface area contributed by atoms with E-state index in [-0.39, 0.29) is 16.8 Å². The number of para-hydroxylation sites is 1. The van der Waals surface area contributed by atoms with Gasteiger partial charge in [0.05, 0.1) is 6.61 Å². The Labute approximate surface area is 182 Å². The summed E-state index contributed by atoms with van der Waals surface area (Å²) >= 11 is 0. The van der Waals surface area contributed by atoms with E-state index in [1.165, 1.54) is 11.6 Å². The highest BCUT2D eigenvalue weighted by molar-refractivity contribution is 5.44. The normalized spacial score (nSPS) is 15.6. The summed E-state index contributed by atoms with van der Waals surface area (Å²) in [6.45, 7) is 2.05. The van der Waals surface area contributed by atoms with Crippen LogP contribution in [-0.2, 0) is 13.5 Å². The zero-order valence-corrected chi connectivity index (χ0v) is 18.0. The quantitative estimate of drug-likeness (QED) is 0.549. The highest BCUT2D eigenvalue weighted by Crippen LogP contribution is 2.38.